The van der Waals surface area contributed by atoms with Gasteiger partial charge in [-0.1, -0.05) is 24.6 Å². The minimum atomic E-state index is -1.20. The van der Waals surface area contributed by atoms with Crippen LogP contribution >= 0.6 is 0 Å². The minimum Gasteiger partial charge on any atom is -0.480 e. The number of amides is 1. The van der Waals surface area contributed by atoms with Crippen LogP contribution in [0.15, 0.2) is 16.8 Å². The Balaban J connectivity index is 1.26. The minimum absolute atomic E-state index is 0.00938. The number of nitrogens with zero attached hydrogens (tertiary/aromatic N) is 2. The molecule has 1 amide bonds. The van der Waals surface area contributed by atoms with Crippen LogP contribution in [0, 0.1) is 28.6 Å². The molecular formula is C28H40N2O7. The Morgan fingerprint density at radius 2 is 1.84 bits per heavy atom. The number of aliphatic carboxylic acids is 1. The molecule has 0 unspecified atom stereocenters. The summed E-state index contributed by atoms with van der Waals surface area (Å²) >= 11 is 0. The Morgan fingerprint density at radius 3 is 2.54 bits per heavy atom. The largest absolute Gasteiger partial charge is 0.480 e. The molecular weight excluding hydrogens is 476 g/mol. The molecule has 9 heteroatoms. The number of likely N-dealkylation sites (tertiary alicyclic amines) is 1. The topological polar surface area (TPSA) is 137 Å². The standard InChI is InChI=1S/C28H40N2O7/c1-16(31)28(36)11-8-22-20-5-4-17-12-18(6-9-26(17,2)21(20)7-10-27(22,28)3)29-37-15-24(33)30-14-19(32)13-23(30)25(34)35/h12,19-23,32,36H,4-11,13-15H2,1-3H3,(H,34,35)/b29-18+/t19-,20-,21+,22+,23+,26+,27+,28+/m1/s1. The monoisotopic (exact) mass is 516 g/mol. The van der Waals surface area contributed by atoms with E-state index < -0.39 is 29.6 Å². The highest BCUT2D eigenvalue weighted by Crippen LogP contribution is 2.67. The number of fused-ring (bicyclic) bond motifs is 5. The Labute approximate surface area is 217 Å². The first-order chi connectivity index (χ1) is 17.4. The zero-order chi connectivity index (χ0) is 26.8. The Hall–Kier alpha value is -2.26. The van der Waals surface area contributed by atoms with Crippen molar-refractivity contribution in [3.8, 4) is 0 Å². The number of β-amino-alcohol motifs (C(OH)–C–C–N with tert-alkyl or cyclic N) is 1. The van der Waals surface area contributed by atoms with E-state index in [4.69, 9.17) is 4.84 Å². The van der Waals surface area contributed by atoms with E-state index in [2.05, 4.69) is 25.1 Å². The number of aliphatic hydroxyl groups excluding tert-OH is 1. The second-order valence-corrected chi connectivity index (χ2v) is 12.6. The number of carboxylic acids is 1. The van der Waals surface area contributed by atoms with E-state index in [1.807, 2.05) is 0 Å². The first-order valence-corrected chi connectivity index (χ1v) is 13.7. The van der Waals surface area contributed by atoms with Crippen LogP contribution in [0.25, 0.3) is 0 Å². The van der Waals surface area contributed by atoms with Gasteiger partial charge in [-0.05, 0) is 87.5 Å². The number of oxime groups is 1. The van der Waals surface area contributed by atoms with Gasteiger partial charge in [0.25, 0.3) is 5.91 Å². The Morgan fingerprint density at radius 1 is 1.11 bits per heavy atom. The molecule has 3 saturated carbocycles. The van der Waals surface area contributed by atoms with Gasteiger partial charge < -0.3 is 25.1 Å². The lowest BCUT2D eigenvalue weighted by Gasteiger charge is -2.59. The van der Waals surface area contributed by atoms with Crippen molar-refractivity contribution in [1.29, 1.82) is 0 Å². The molecule has 4 fully saturated rings. The maximum atomic E-state index is 12.5. The molecule has 1 heterocycles. The summed E-state index contributed by atoms with van der Waals surface area (Å²) in [7, 11) is 0. The number of carboxylic acid groups (broad SMARTS) is 1. The molecule has 0 bridgehead atoms. The lowest BCUT2D eigenvalue weighted by Crippen LogP contribution is -2.57. The molecule has 1 saturated heterocycles. The van der Waals surface area contributed by atoms with E-state index in [0.717, 1.165) is 55.6 Å². The number of hydrogen-bond acceptors (Lipinski definition) is 7. The highest BCUT2D eigenvalue weighted by Gasteiger charge is 2.65. The van der Waals surface area contributed by atoms with E-state index >= 15 is 0 Å². The number of carbonyl (C=O) groups is 3. The summed E-state index contributed by atoms with van der Waals surface area (Å²) in [6, 6.07) is -1.03. The molecule has 0 spiro atoms. The lowest BCUT2D eigenvalue weighted by molar-refractivity contribution is -0.159. The molecule has 5 rings (SSSR count). The van der Waals surface area contributed by atoms with Crippen LogP contribution in [0.5, 0.6) is 0 Å². The van der Waals surface area contributed by atoms with Gasteiger partial charge >= 0.3 is 5.97 Å². The van der Waals surface area contributed by atoms with Crippen molar-refractivity contribution in [2.75, 3.05) is 13.2 Å². The predicted octanol–water partition coefficient (Wildman–Crippen LogP) is 2.69. The van der Waals surface area contributed by atoms with E-state index in [1.54, 1.807) is 6.92 Å². The van der Waals surface area contributed by atoms with E-state index in [-0.39, 0.29) is 36.2 Å². The van der Waals surface area contributed by atoms with Crippen LogP contribution in [-0.2, 0) is 19.2 Å². The number of allylic oxidation sites excluding steroid dienone is 2. The normalized spacial score (nSPS) is 44.0. The molecule has 204 valence electrons. The van der Waals surface area contributed by atoms with Gasteiger partial charge in [-0.2, -0.15) is 0 Å². The van der Waals surface area contributed by atoms with Crippen LogP contribution < -0.4 is 0 Å². The zero-order valence-electron chi connectivity index (χ0n) is 22.1. The molecule has 1 aliphatic heterocycles. The van der Waals surface area contributed by atoms with Gasteiger partial charge in [-0.3, -0.25) is 9.59 Å². The summed E-state index contributed by atoms with van der Waals surface area (Å²) in [5.41, 5.74) is 0.673. The van der Waals surface area contributed by atoms with Gasteiger partial charge in [0.2, 0.25) is 0 Å². The Kier molecular flexibility index (Phi) is 6.54. The molecule has 8 atom stereocenters. The summed E-state index contributed by atoms with van der Waals surface area (Å²) in [6.45, 7) is 5.67. The summed E-state index contributed by atoms with van der Waals surface area (Å²) < 4.78 is 0. The van der Waals surface area contributed by atoms with Crippen LogP contribution in [0.3, 0.4) is 0 Å². The molecule has 0 radical (unpaired) electrons. The van der Waals surface area contributed by atoms with Crippen molar-refractivity contribution in [1.82, 2.24) is 4.90 Å². The van der Waals surface area contributed by atoms with E-state index in [9.17, 15) is 29.7 Å². The first-order valence-electron chi connectivity index (χ1n) is 13.7. The van der Waals surface area contributed by atoms with E-state index in [1.165, 1.54) is 5.57 Å². The predicted molar refractivity (Wildman–Crippen MR) is 134 cm³/mol. The molecule has 0 aromatic carbocycles. The zero-order valence-corrected chi connectivity index (χ0v) is 22.1. The fourth-order valence-corrected chi connectivity index (χ4v) is 8.81. The maximum absolute atomic E-state index is 12.5. The summed E-state index contributed by atoms with van der Waals surface area (Å²) in [5.74, 6) is -0.334. The SMILES string of the molecule is CC(=O)[C@@]1(O)CC[C@H]2[C@@H]3CCC4=C/C(=N/OCC(=O)N5C[C@H](O)C[C@H]5C(=O)O)CC[C@]4(C)[C@H]3CC[C@@]21C. The fraction of sp³-hybridized carbons (Fsp3) is 0.786. The number of ketones is 1. The molecule has 5 aliphatic rings. The summed E-state index contributed by atoms with van der Waals surface area (Å²) in [5, 5.41) is 34.6. The van der Waals surface area contributed by atoms with Crippen molar-refractivity contribution in [3.63, 3.8) is 0 Å². The third kappa shape index (κ3) is 4.04. The van der Waals surface area contributed by atoms with E-state index in [0.29, 0.717) is 24.2 Å². The van der Waals surface area contributed by atoms with Gasteiger partial charge in [0, 0.05) is 18.4 Å². The van der Waals surface area contributed by atoms with Gasteiger partial charge in [-0.15, -0.1) is 0 Å². The van der Waals surface area contributed by atoms with Gasteiger partial charge in [0.05, 0.1) is 11.8 Å². The maximum Gasteiger partial charge on any atom is 0.326 e. The molecule has 37 heavy (non-hydrogen) atoms. The van der Waals surface area contributed by atoms with Crippen molar-refractivity contribution in [2.24, 2.45) is 33.7 Å². The third-order valence-corrected chi connectivity index (χ3v) is 11.0. The average molecular weight is 517 g/mol. The highest BCUT2D eigenvalue weighted by molar-refractivity contribution is 5.96. The fourth-order valence-electron chi connectivity index (χ4n) is 8.81. The highest BCUT2D eigenvalue weighted by atomic mass is 16.6. The summed E-state index contributed by atoms with van der Waals surface area (Å²) in [4.78, 5) is 42.8. The number of aliphatic hydroxyl groups is 2. The van der Waals surface area contributed by atoms with Crippen LogP contribution in [0.2, 0.25) is 0 Å². The second-order valence-electron chi connectivity index (χ2n) is 12.6. The quantitative estimate of drug-likeness (QED) is 0.478. The van der Waals surface area contributed by atoms with Gasteiger partial charge in [0.1, 0.15) is 11.6 Å². The van der Waals surface area contributed by atoms with Crippen LogP contribution in [0.4, 0.5) is 0 Å². The number of hydrogen-bond donors (Lipinski definition) is 3. The van der Waals surface area contributed by atoms with Crippen molar-refractivity contribution in [3.05, 3.63) is 11.6 Å². The van der Waals surface area contributed by atoms with Crippen molar-refractivity contribution < 1.29 is 34.5 Å². The second kappa shape index (κ2) is 9.19. The molecule has 4 aliphatic carbocycles. The van der Waals surface area contributed by atoms with Gasteiger partial charge in [-0.25, -0.2) is 4.79 Å². The number of Topliss-reactive ketones (excluding diaryl/α,β-unsaturated/α-hetero) is 1. The molecule has 0 aromatic rings. The lowest BCUT2D eigenvalue weighted by atomic mass is 9.46. The number of carbonyl (C=O) groups excluding carboxylic acids is 2. The molecule has 9 nitrogen and oxygen atoms in total. The third-order valence-electron chi connectivity index (χ3n) is 11.0. The smallest absolute Gasteiger partial charge is 0.326 e. The average Bonchev–Trinajstić information content (AvgIpc) is 3.37. The molecule has 0 aromatic heterocycles. The summed E-state index contributed by atoms with van der Waals surface area (Å²) in [6.07, 6.45) is 8.33. The molecule has 3 N–H and O–H groups in total. The first kappa shape index (κ1) is 26.4. The van der Waals surface area contributed by atoms with Gasteiger partial charge in [0.15, 0.2) is 12.4 Å². The van der Waals surface area contributed by atoms with Crippen molar-refractivity contribution in [2.45, 2.75) is 96.3 Å². The van der Waals surface area contributed by atoms with Crippen LogP contribution in [-0.4, -0.2) is 74.5 Å². The van der Waals surface area contributed by atoms with Crippen LogP contribution in [0.1, 0.15) is 78.6 Å². The van der Waals surface area contributed by atoms with Crippen molar-refractivity contribution >= 4 is 23.4 Å². The number of rotatable bonds is 5. The Bertz CT molecular complexity index is 1060.